The molecule has 1 aromatic carbocycles. The molecule has 0 saturated heterocycles. The summed E-state index contributed by atoms with van der Waals surface area (Å²) in [7, 11) is 1.56. The molecule has 1 saturated carbocycles. The van der Waals surface area contributed by atoms with E-state index in [0.717, 1.165) is 0 Å². The summed E-state index contributed by atoms with van der Waals surface area (Å²) in [6.45, 7) is 0.827. The second-order valence-corrected chi connectivity index (χ2v) is 5.25. The third kappa shape index (κ3) is 4.98. The molecular weight excluding hydrogens is 272 g/mol. The quantitative estimate of drug-likeness (QED) is 0.809. The van der Waals surface area contributed by atoms with E-state index < -0.39 is 5.97 Å². The van der Waals surface area contributed by atoms with E-state index in [9.17, 15) is 9.59 Å². The minimum absolute atomic E-state index is 0.0796. The first-order valence-corrected chi connectivity index (χ1v) is 7.02. The van der Waals surface area contributed by atoms with Gasteiger partial charge in [0.15, 0.2) is 0 Å². The summed E-state index contributed by atoms with van der Waals surface area (Å²) in [5, 5.41) is 11.4. The molecular formula is C15H20N2O4. The van der Waals surface area contributed by atoms with E-state index in [0.29, 0.717) is 24.0 Å². The Labute approximate surface area is 123 Å². The van der Waals surface area contributed by atoms with Gasteiger partial charge >= 0.3 is 12.0 Å². The molecule has 0 heterocycles. The number of para-hydroxylation sites is 2. The number of hydrogen-bond donors (Lipinski definition) is 2. The van der Waals surface area contributed by atoms with Gasteiger partial charge in [0, 0.05) is 13.6 Å². The van der Waals surface area contributed by atoms with Crippen LogP contribution in [0.2, 0.25) is 0 Å². The molecule has 1 fully saturated rings. The van der Waals surface area contributed by atoms with Crippen LogP contribution in [0.1, 0.15) is 19.3 Å². The summed E-state index contributed by atoms with van der Waals surface area (Å²) >= 11 is 0. The molecule has 2 rings (SSSR count). The molecule has 0 radical (unpaired) electrons. The number of benzene rings is 1. The van der Waals surface area contributed by atoms with Gasteiger partial charge in [0.05, 0.1) is 18.7 Å². The largest absolute Gasteiger partial charge is 0.491 e. The van der Waals surface area contributed by atoms with Gasteiger partial charge in [-0.3, -0.25) is 4.79 Å². The second-order valence-electron chi connectivity index (χ2n) is 5.25. The van der Waals surface area contributed by atoms with Crippen LogP contribution >= 0.6 is 0 Å². The first-order valence-electron chi connectivity index (χ1n) is 7.02. The molecule has 6 nitrogen and oxygen atoms in total. The van der Waals surface area contributed by atoms with Crippen molar-refractivity contribution in [2.24, 2.45) is 5.92 Å². The fourth-order valence-electron chi connectivity index (χ4n) is 1.76. The van der Waals surface area contributed by atoms with Crippen LogP contribution in [0.3, 0.4) is 0 Å². The zero-order valence-corrected chi connectivity index (χ0v) is 12.0. The van der Waals surface area contributed by atoms with Crippen LogP contribution in [0.25, 0.3) is 0 Å². The van der Waals surface area contributed by atoms with E-state index in [2.05, 4.69) is 5.32 Å². The zero-order valence-electron chi connectivity index (χ0n) is 12.0. The number of hydrogen-bond acceptors (Lipinski definition) is 3. The smallest absolute Gasteiger partial charge is 0.321 e. The number of rotatable bonds is 7. The molecule has 1 aromatic rings. The highest BCUT2D eigenvalue weighted by atomic mass is 16.5. The summed E-state index contributed by atoms with van der Waals surface area (Å²) in [4.78, 5) is 23.8. The third-order valence-electron chi connectivity index (χ3n) is 3.31. The van der Waals surface area contributed by atoms with E-state index in [4.69, 9.17) is 9.84 Å². The fourth-order valence-corrected chi connectivity index (χ4v) is 1.76. The van der Waals surface area contributed by atoms with E-state index >= 15 is 0 Å². The number of carboxylic acids is 1. The number of nitrogens with zero attached hydrogens (tertiary/aromatic N) is 1. The monoisotopic (exact) mass is 292 g/mol. The topological polar surface area (TPSA) is 78.9 Å². The van der Waals surface area contributed by atoms with Gasteiger partial charge in [-0.25, -0.2) is 4.79 Å². The predicted molar refractivity (Wildman–Crippen MR) is 78.6 cm³/mol. The minimum atomic E-state index is -0.928. The van der Waals surface area contributed by atoms with Crippen LogP contribution in [-0.2, 0) is 4.79 Å². The lowest BCUT2D eigenvalue weighted by Gasteiger charge is -2.18. The van der Waals surface area contributed by atoms with Gasteiger partial charge in [-0.1, -0.05) is 12.1 Å². The number of aliphatic carboxylic acids is 1. The van der Waals surface area contributed by atoms with Crippen LogP contribution in [-0.4, -0.2) is 42.2 Å². The number of carboxylic acid groups (broad SMARTS) is 1. The molecule has 21 heavy (non-hydrogen) atoms. The Bertz CT molecular complexity index is 514. The highest BCUT2D eigenvalue weighted by Crippen LogP contribution is 2.31. The predicted octanol–water partition coefficient (Wildman–Crippen LogP) is 2.41. The lowest BCUT2D eigenvalue weighted by atomic mass is 10.3. The van der Waals surface area contributed by atoms with E-state index in [1.165, 1.54) is 17.7 Å². The molecule has 114 valence electrons. The van der Waals surface area contributed by atoms with Crippen LogP contribution in [0.4, 0.5) is 10.5 Å². The summed E-state index contributed by atoms with van der Waals surface area (Å²) in [5.74, 6) is 0.346. The third-order valence-corrected chi connectivity index (χ3v) is 3.31. The van der Waals surface area contributed by atoms with Crippen molar-refractivity contribution in [1.29, 1.82) is 0 Å². The van der Waals surface area contributed by atoms with Gasteiger partial charge in [-0.2, -0.15) is 0 Å². The van der Waals surface area contributed by atoms with Crippen molar-refractivity contribution in [3.63, 3.8) is 0 Å². The zero-order chi connectivity index (χ0) is 15.2. The highest BCUT2D eigenvalue weighted by Gasteiger charge is 2.22. The molecule has 0 atom stereocenters. The van der Waals surface area contributed by atoms with Gasteiger partial charge in [0.2, 0.25) is 0 Å². The standard InChI is InChI=1S/C15H20N2O4/c1-17(9-8-14(18)19)15(20)16-12-4-2-3-5-13(12)21-10-11-6-7-11/h2-5,11H,6-10H2,1H3,(H,16,20)(H,18,19). The number of amides is 2. The molecule has 0 aliphatic heterocycles. The number of ether oxygens (including phenoxy) is 1. The maximum atomic E-state index is 12.0. The van der Waals surface area contributed by atoms with Crippen LogP contribution in [0, 0.1) is 5.92 Å². The molecule has 0 unspecified atom stereocenters. The van der Waals surface area contributed by atoms with E-state index in [-0.39, 0.29) is 19.0 Å². The second kappa shape index (κ2) is 6.97. The number of carbonyl (C=O) groups excluding carboxylic acids is 1. The SMILES string of the molecule is CN(CCC(=O)O)C(=O)Nc1ccccc1OCC1CC1. The van der Waals surface area contributed by atoms with Crippen molar-refractivity contribution in [3.05, 3.63) is 24.3 Å². The summed E-state index contributed by atoms with van der Waals surface area (Å²) in [6, 6.07) is 6.90. The lowest BCUT2D eigenvalue weighted by molar-refractivity contribution is -0.137. The van der Waals surface area contributed by atoms with Crippen molar-refractivity contribution >= 4 is 17.7 Å². The van der Waals surface area contributed by atoms with Gasteiger partial charge in [-0.15, -0.1) is 0 Å². The summed E-state index contributed by atoms with van der Waals surface area (Å²) in [6.07, 6.45) is 2.32. The maximum Gasteiger partial charge on any atom is 0.321 e. The molecule has 2 amide bonds. The normalized spacial score (nSPS) is 13.6. The average molecular weight is 292 g/mol. The minimum Gasteiger partial charge on any atom is -0.491 e. The van der Waals surface area contributed by atoms with Crippen molar-refractivity contribution in [2.75, 3.05) is 25.5 Å². The first-order chi connectivity index (χ1) is 10.1. The molecule has 6 heteroatoms. The van der Waals surface area contributed by atoms with Gasteiger partial charge in [-0.05, 0) is 30.9 Å². The molecule has 2 N–H and O–H groups in total. The number of carbonyl (C=O) groups is 2. The molecule has 1 aliphatic rings. The van der Waals surface area contributed by atoms with Crippen molar-refractivity contribution in [3.8, 4) is 5.75 Å². The van der Waals surface area contributed by atoms with Gasteiger partial charge in [0.25, 0.3) is 0 Å². The summed E-state index contributed by atoms with van der Waals surface area (Å²) in [5.41, 5.74) is 0.602. The van der Waals surface area contributed by atoms with Gasteiger partial charge in [0.1, 0.15) is 5.75 Å². The highest BCUT2D eigenvalue weighted by molar-refractivity contribution is 5.91. The number of nitrogens with one attached hydrogen (secondary N) is 1. The Morgan fingerprint density at radius 3 is 2.76 bits per heavy atom. The first kappa shape index (κ1) is 15.2. The average Bonchev–Trinajstić information content (AvgIpc) is 3.27. The number of anilines is 1. The Kier molecular flexibility index (Phi) is 5.03. The van der Waals surface area contributed by atoms with Crippen molar-refractivity contribution in [2.45, 2.75) is 19.3 Å². The maximum absolute atomic E-state index is 12.0. The van der Waals surface area contributed by atoms with Crippen molar-refractivity contribution in [1.82, 2.24) is 4.90 Å². The Morgan fingerprint density at radius 2 is 2.10 bits per heavy atom. The van der Waals surface area contributed by atoms with Crippen LogP contribution in [0.5, 0.6) is 5.75 Å². The Morgan fingerprint density at radius 1 is 1.38 bits per heavy atom. The van der Waals surface area contributed by atoms with Crippen LogP contribution < -0.4 is 10.1 Å². The van der Waals surface area contributed by atoms with Crippen molar-refractivity contribution < 1.29 is 19.4 Å². The molecule has 0 aromatic heterocycles. The van der Waals surface area contributed by atoms with Gasteiger partial charge < -0.3 is 20.1 Å². The lowest BCUT2D eigenvalue weighted by Crippen LogP contribution is -2.33. The Balaban J connectivity index is 1.90. The molecule has 0 bridgehead atoms. The fraction of sp³-hybridized carbons (Fsp3) is 0.467. The number of urea groups is 1. The van der Waals surface area contributed by atoms with E-state index in [1.54, 1.807) is 13.1 Å². The van der Waals surface area contributed by atoms with Crippen LogP contribution in [0.15, 0.2) is 24.3 Å². The van der Waals surface area contributed by atoms with E-state index in [1.807, 2.05) is 18.2 Å². The Hall–Kier alpha value is -2.24. The molecule has 1 aliphatic carbocycles. The molecule has 0 spiro atoms. The summed E-state index contributed by atoms with van der Waals surface area (Å²) < 4.78 is 5.71.